The lowest BCUT2D eigenvalue weighted by atomic mass is 9.88. The lowest BCUT2D eigenvalue weighted by Crippen LogP contribution is -2.70. The number of hydrogen-bond donors (Lipinski definition) is 1. The number of halogens is 3. The van der Waals surface area contributed by atoms with E-state index >= 15 is 0 Å². The number of piperazine rings is 1. The first kappa shape index (κ1) is 21.1. The minimum absolute atomic E-state index is 0.114. The largest absolute Gasteiger partial charge is 0.357 e. The predicted octanol–water partition coefficient (Wildman–Crippen LogP) is 0.804. The molecule has 4 heterocycles. The highest BCUT2D eigenvalue weighted by Crippen LogP contribution is 2.48. The molecule has 2 saturated heterocycles. The number of nitrogens with one attached hydrogen (secondary N) is 1. The monoisotopic (exact) mass is 450 g/mol. The number of Topliss-reactive ketones (excluding diaryl/α,β-unsaturated/α-hetero) is 2. The van der Waals surface area contributed by atoms with Gasteiger partial charge in [0.05, 0.1) is 24.8 Å². The van der Waals surface area contributed by atoms with E-state index in [4.69, 9.17) is 4.74 Å². The Hall–Kier alpha value is -2.79. The summed E-state index contributed by atoms with van der Waals surface area (Å²) in [5.74, 6) is -6.53. The van der Waals surface area contributed by atoms with Crippen LogP contribution < -0.4 is 5.32 Å². The van der Waals surface area contributed by atoms with E-state index in [-0.39, 0.29) is 12.1 Å². The van der Waals surface area contributed by atoms with Gasteiger partial charge in [0, 0.05) is 24.9 Å². The number of fused-ring (bicyclic) bond motifs is 2. The van der Waals surface area contributed by atoms with E-state index in [9.17, 15) is 27.6 Å². The van der Waals surface area contributed by atoms with Gasteiger partial charge in [-0.05, 0) is 26.2 Å². The normalized spacial score (nSPS) is 31.8. The fourth-order valence-electron chi connectivity index (χ4n) is 5.43. The average Bonchev–Trinajstić information content (AvgIpc) is 3.31. The molecule has 1 aromatic rings. The lowest BCUT2D eigenvalue weighted by molar-refractivity contribution is -0.168. The van der Waals surface area contributed by atoms with E-state index in [1.54, 1.807) is 4.90 Å². The molecule has 1 spiro atoms. The van der Waals surface area contributed by atoms with E-state index < -0.39 is 64.6 Å². The number of pyridine rings is 1. The topological polar surface area (TPSA) is 91.8 Å². The van der Waals surface area contributed by atoms with Crippen LogP contribution in [-0.2, 0) is 25.7 Å². The molecule has 170 valence electrons. The summed E-state index contributed by atoms with van der Waals surface area (Å²) in [6.45, 7) is 2.21. The zero-order valence-corrected chi connectivity index (χ0v) is 17.2. The van der Waals surface area contributed by atoms with Gasteiger partial charge in [-0.25, -0.2) is 4.39 Å². The maximum Gasteiger partial charge on any atom is 0.257 e. The minimum atomic E-state index is -1.40. The zero-order valence-electron chi connectivity index (χ0n) is 17.2. The van der Waals surface area contributed by atoms with Crippen molar-refractivity contribution in [2.75, 3.05) is 13.2 Å². The second-order valence-electron chi connectivity index (χ2n) is 8.64. The van der Waals surface area contributed by atoms with Crippen molar-refractivity contribution in [3.8, 4) is 0 Å². The molecule has 1 amide bonds. The second kappa shape index (κ2) is 7.38. The number of carbonyl (C=O) groups is 3. The molecule has 5 rings (SSSR count). The number of hydrogen-bond acceptors (Lipinski definition) is 7. The number of ketones is 2. The summed E-state index contributed by atoms with van der Waals surface area (Å²) in [6.07, 6.45) is 3.79. The Bertz CT molecular complexity index is 1040. The number of ether oxygens (including phenoxy) is 1. The summed E-state index contributed by atoms with van der Waals surface area (Å²) in [5, 5.41) is 2.24. The van der Waals surface area contributed by atoms with Crippen LogP contribution in [0.1, 0.15) is 31.7 Å². The Morgan fingerprint density at radius 2 is 2.12 bits per heavy atom. The van der Waals surface area contributed by atoms with Crippen molar-refractivity contribution >= 4 is 17.5 Å². The molecule has 32 heavy (non-hydrogen) atoms. The summed E-state index contributed by atoms with van der Waals surface area (Å²) >= 11 is 0. The van der Waals surface area contributed by atoms with Gasteiger partial charge in [-0.2, -0.15) is 13.8 Å². The van der Waals surface area contributed by atoms with E-state index in [0.29, 0.717) is 19.2 Å². The Morgan fingerprint density at radius 1 is 1.34 bits per heavy atom. The van der Waals surface area contributed by atoms with Crippen molar-refractivity contribution in [3.05, 3.63) is 41.1 Å². The number of carbonyl (C=O) groups excluding carboxylic acids is 3. The first-order valence-corrected chi connectivity index (χ1v) is 10.5. The SMILES string of the molecule is C[C@H]1CO[C@]23CCC[C@H]2N2C=C(C(=O)NCc4c(F)cc(F)nc4F)C(=O)C(=O)C2CN13. The molecule has 0 radical (unpaired) electrons. The van der Waals surface area contributed by atoms with Crippen molar-refractivity contribution in [2.24, 2.45) is 0 Å². The fraction of sp³-hybridized carbons (Fsp3) is 0.524. The van der Waals surface area contributed by atoms with Crippen molar-refractivity contribution in [1.82, 2.24) is 20.1 Å². The predicted molar refractivity (Wildman–Crippen MR) is 102 cm³/mol. The molecule has 1 aromatic heterocycles. The summed E-state index contributed by atoms with van der Waals surface area (Å²) in [4.78, 5) is 45.1. The van der Waals surface area contributed by atoms with Crippen molar-refractivity contribution in [2.45, 2.75) is 56.6 Å². The molecule has 1 aliphatic carbocycles. The van der Waals surface area contributed by atoms with Gasteiger partial charge in [-0.1, -0.05) is 0 Å². The van der Waals surface area contributed by atoms with E-state index in [2.05, 4.69) is 15.2 Å². The van der Waals surface area contributed by atoms with Crippen molar-refractivity contribution < 1.29 is 32.3 Å². The molecule has 3 aliphatic heterocycles. The van der Waals surface area contributed by atoms with E-state index in [1.807, 2.05) is 6.92 Å². The van der Waals surface area contributed by atoms with Gasteiger partial charge in [0.15, 0.2) is 0 Å². The van der Waals surface area contributed by atoms with Crippen LogP contribution in [-0.4, -0.2) is 69.3 Å². The second-order valence-corrected chi connectivity index (χ2v) is 8.64. The highest BCUT2D eigenvalue weighted by atomic mass is 19.1. The van der Waals surface area contributed by atoms with Gasteiger partial charge in [0.2, 0.25) is 23.5 Å². The van der Waals surface area contributed by atoms with Gasteiger partial charge in [-0.15, -0.1) is 0 Å². The first-order valence-electron chi connectivity index (χ1n) is 10.5. The summed E-state index contributed by atoms with van der Waals surface area (Å²) < 4.78 is 46.7. The van der Waals surface area contributed by atoms with Crippen LogP contribution in [0.2, 0.25) is 0 Å². The lowest BCUT2D eigenvalue weighted by Gasteiger charge is -2.53. The molecule has 8 nitrogen and oxygen atoms in total. The number of nitrogens with zero attached hydrogens (tertiary/aromatic N) is 3. The summed E-state index contributed by atoms with van der Waals surface area (Å²) in [7, 11) is 0. The van der Waals surface area contributed by atoms with E-state index in [1.165, 1.54) is 6.20 Å². The van der Waals surface area contributed by atoms with Gasteiger partial charge in [0.1, 0.15) is 23.2 Å². The number of rotatable bonds is 3. The summed E-state index contributed by atoms with van der Waals surface area (Å²) in [5.41, 5.74) is -1.60. The molecule has 1 N–H and O–H groups in total. The Balaban J connectivity index is 1.41. The molecule has 4 atom stereocenters. The number of aromatic nitrogens is 1. The molecular weight excluding hydrogens is 429 g/mol. The van der Waals surface area contributed by atoms with Crippen LogP contribution in [0.3, 0.4) is 0 Å². The molecular formula is C21H21F3N4O4. The molecule has 1 saturated carbocycles. The third-order valence-electron chi connectivity index (χ3n) is 6.92. The number of amides is 1. The molecule has 1 unspecified atom stereocenters. The maximum atomic E-state index is 13.8. The Morgan fingerprint density at radius 3 is 2.88 bits per heavy atom. The van der Waals surface area contributed by atoms with Crippen LogP contribution >= 0.6 is 0 Å². The third-order valence-corrected chi connectivity index (χ3v) is 6.92. The van der Waals surface area contributed by atoms with Gasteiger partial charge in [0.25, 0.3) is 5.91 Å². The Labute approximate surface area is 181 Å². The van der Waals surface area contributed by atoms with E-state index in [0.717, 1.165) is 19.3 Å². The first-order chi connectivity index (χ1) is 15.2. The average molecular weight is 450 g/mol. The molecule has 3 fully saturated rings. The molecule has 0 aromatic carbocycles. The third kappa shape index (κ3) is 2.98. The smallest absolute Gasteiger partial charge is 0.257 e. The van der Waals surface area contributed by atoms with Crippen LogP contribution in [0.15, 0.2) is 17.8 Å². The fourth-order valence-corrected chi connectivity index (χ4v) is 5.43. The van der Waals surface area contributed by atoms with Crippen molar-refractivity contribution in [3.63, 3.8) is 0 Å². The minimum Gasteiger partial charge on any atom is -0.357 e. The quantitative estimate of drug-likeness (QED) is 0.414. The van der Waals surface area contributed by atoms with Gasteiger partial charge in [-0.3, -0.25) is 19.3 Å². The standard InChI is InChI=1S/C21H21F3N4O4/c1-10-9-32-21-4-2-3-15(21)27-7-12(17(29)18(30)14(27)8-28(10)21)20(31)25-6-11-13(22)5-16(23)26-19(11)24/h5,7,10,14-15H,2-4,6,8-9H2,1H3,(H,25,31)/t10-,14?,15+,21+/m0/s1. The van der Waals surface area contributed by atoms with Crippen molar-refractivity contribution in [1.29, 1.82) is 0 Å². The molecule has 11 heteroatoms. The highest BCUT2D eigenvalue weighted by molar-refractivity contribution is 6.51. The highest BCUT2D eigenvalue weighted by Gasteiger charge is 2.62. The van der Waals surface area contributed by atoms with Crippen LogP contribution in [0.4, 0.5) is 13.2 Å². The maximum absolute atomic E-state index is 13.8. The van der Waals surface area contributed by atoms with Crippen LogP contribution in [0.5, 0.6) is 0 Å². The molecule has 0 bridgehead atoms. The van der Waals surface area contributed by atoms with Gasteiger partial charge < -0.3 is 15.0 Å². The van der Waals surface area contributed by atoms with Gasteiger partial charge >= 0.3 is 0 Å². The summed E-state index contributed by atoms with van der Waals surface area (Å²) in [6, 6.07) is -0.396. The van der Waals surface area contributed by atoms with Crippen LogP contribution in [0, 0.1) is 17.7 Å². The zero-order chi connectivity index (χ0) is 22.8. The molecule has 4 aliphatic rings. The van der Waals surface area contributed by atoms with Crippen LogP contribution in [0.25, 0.3) is 0 Å². The Kier molecular flexibility index (Phi) is 4.86.